The molecule has 0 unspecified atom stereocenters. The van der Waals surface area contributed by atoms with Gasteiger partial charge in [-0.15, -0.1) is 11.3 Å². The number of nitrogens with zero attached hydrogens (tertiary/aromatic N) is 2. The summed E-state index contributed by atoms with van der Waals surface area (Å²) >= 11 is 1.67. The van der Waals surface area contributed by atoms with Crippen molar-refractivity contribution in [3.05, 3.63) is 46.7 Å². The summed E-state index contributed by atoms with van der Waals surface area (Å²) in [5, 5.41) is 6.93. The van der Waals surface area contributed by atoms with Gasteiger partial charge in [-0.3, -0.25) is 0 Å². The molecule has 2 nitrogen and oxygen atoms in total. The number of fused-ring (bicyclic) bond motifs is 4. The number of rotatable bonds is 7. The summed E-state index contributed by atoms with van der Waals surface area (Å²) in [6, 6.07) is 11.3. The summed E-state index contributed by atoms with van der Waals surface area (Å²) in [5.41, 5.74) is 8.11. The largest absolute Gasteiger partial charge is 0.243 e. The Labute approximate surface area is 164 Å². The number of aromatic nitrogens is 2. The van der Waals surface area contributed by atoms with Crippen molar-refractivity contribution in [1.29, 1.82) is 0 Å². The lowest BCUT2D eigenvalue weighted by atomic mass is 9.95. The molecule has 136 valence electrons. The molecule has 0 N–H and O–H groups in total. The molecule has 4 aromatic rings. The van der Waals surface area contributed by atoms with E-state index in [4.69, 9.17) is 9.97 Å². The second-order valence-electron chi connectivity index (χ2n) is 7.58. The molecule has 0 atom stereocenters. The zero-order chi connectivity index (χ0) is 18.2. The quantitative estimate of drug-likeness (QED) is 0.278. The highest BCUT2D eigenvalue weighted by molar-refractivity contribution is 7.09. The number of aryl methyl sites for hydroxylation is 1. The van der Waals surface area contributed by atoms with Gasteiger partial charge >= 0.3 is 0 Å². The molecule has 0 saturated heterocycles. The fourth-order valence-corrected chi connectivity index (χ4v) is 5.02. The van der Waals surface area contributed by atoms with Gasteiger partial charge in [0, 0.05) is 27.3 Å². The number of thiophene rings is 1. The standard InChI is InChI=1S/C24H24N2S/c1-2-3-4-5-6-7-9-16-12-13-19-22-17(16)10-8-11-18(22)23-24(19)26-21-15-27-14-20(21)25-23/h8,10-15H,2-7,9H2,1H3. The fraction of sp³-hybridized carbons (Fsp3) is 0.333. The molecule has 0 aliphatic heterocycles. The Kier molecular flexibility index (Phi) is 4.41. The van der Waals surface area contributed by atoms with Gasteiger partial charge in [-0.2, -0.15) is 0 Å². The Morgan fingerprint density at radius 2 is 1.48 bits per heavy atom. The topological polar surface area (TPSA) is 25.8 Å². The SMILES string of the molecule is CCCCCCCCc1ccc2c3c(cccc13)-c1nc3cscc3nc1-2. The summed E-state index contributed by atoms with van der Waals surface area (Å²) in [5.74, 6) is 0. The normalized spacial score (nSPS) is 12.2. The van der Waals surface area contributed by atoms with Gasteiger partial charge in [0.2, 0.25) is 0 Å². The van der Waals surface area contributed by atoms with E-state index in [0.717, 1.165) is 28.8 Å². The van der Waals surface area contributed by atoms with Crippen LogP contribution in [0.4, 0.5) is 0 Å². The highest BCUT2D eigenvalue weighted by Gasteiger charge is 2.25. The summed E-state index contributed by atoms with van der Waals surface area (Å²) in [6.45, 7) is 2.28. The Bertz CT molecular complexity index is 1080. The average molecular weight is 373 g/mol. The first-order valence-electron chi connectivity index (χ1n) is 10.2. The van der Waals surface area contributed by atoms with E-state index in [1.54, 1.807) is 11.3 Å². The van der Waals surface area contributed by atoms with Crippen LogP contribution in [0, 0.1) is 0 Å². The molecule has 0 amide bonds. The molecule has 2 aromatic heterocycles. The van der Waals surface area contributed by atoms with Gasteiger partial charge in [-0.1, -0.05) is 69.4 Å². The van der Waals surface area contributed by atoms with Gasteiger partial charge in [-0.05, 0) is 23.8 Å². The van der Waals surface area contributed by atoms with E-state index in [2.05, 4.69) is 48.0 Å². The van der Waals surface area contributed by atoms with E-state index in [0.29, 0.717) is 0 Å². The lowest BCUT2D eigenvalue weighted by Gasteiger charge is -2.09. The van der Waals surface area contributed by atoms with E-state index in [1.165, 1.54) is 66.0 Å². The van der Waals surface area contributed by atoms with Crippen LogP contribution in [0.1, 0.15) is 51.0 Å². The molecule has 0 spiro atoms. The van der Waals surface area contributed by atoms with Gasteiger partial charge in [0.1, 0.15) is 11.0 Å². The first-order chi connectivity index (χ1) is 13.4. The van der Waals surface area contributed by atoms with E-state index < -0.39 is 0 Å². The minimum absolute atomic E-state index is 1.01. The van der Waals surface area contributed by atoms with Crippen molar-refractivity contribution in [2.24, 2.45) is 0 Å². The second kappa shape index (κ2) is 7.05. The van der Waals surface area contributed by atoms with Crippen LogP contribution in [-0.4, -0.2) is 9.97 Å². The highest BCUT2D eigenvalue weighted by atomic mass is 32.1. The van der Waals surface area contributed by atoms with Gasteiger partial charge in [0.15, 0.2) is 0 Å². The third-order valence-electron chi connectivity index (χ3n) is 5.75. The van der Waals surface area contributed by atoms with Crippen LogP contribution in [0.15, 0.2) is 41.1 Å². The average Bonchev–Trinajstić information content (AvgIpc) is 3.28. The Morgan fingerprint density at radius 3 is 2.26 bits per heavy atom. The monoisotopic (exact) mass is 372 g/mol. The second-order valence-corrected chi connectivity index (χ2v) is 8.32. The fourth-order valence-electron chi connectivity index (χ4n) is 4.35. The van der Waals surface area contributed by atoms with E-state index in [1.807, 2.05) is 0 Å². The molecule has 5 rings (SSSR count). The van der Waals surface area contributed by atoms with Gasteiger partial charge < -0.3 is 0 Å². The van der Waals surface area contributed by atoms with Crippen molar-refractivity contribution in [3.8, 4) is 22.5 Å². The summed E-state index contributed by atoms with van der Waals surface area (Å²) in [7, 11) is 0. The maximum atomic E-state index is 4.94. The first kappa shape index (κ1) is 16.9. The third-order valence-corrected chi connectivity index (χ3v) is 6.47. The Balaban J connectivity index is 1.49. The van der Waals surface area contributed by atoms with Crippen LogP contribution in [0.5, 0.6) is 0 Å². The maximum Gasteiger partial charge on any atom is 0.100 e. The zero-order valence-corrected chi connectivity index (χ0v) is 16.6. The smallest absolute Gasteiger partial charge is 0.100 e. The summed E-state index contributed by atoms with van der Waals surface area (Å²) in [6.07, 6.45) is 9.21. The number of benzene rings is 2. The molecular weight excluding hydrogens is 348 g/mol. The number of hydrogen-bond acceptors (Lipinski definition) is 3. The van der Waals surface area contributed by atoms with Crippen LogP contribution in [-0.2, 0) is 6.42 Å². The highest BCUT2D eigenvalue weighted by Crippen LogP contribution is 2.46. The molecule has 0 bridgehead atoms. The zero-order valence-electron chi connectivity index (χ0n) is 15.8. The van der Waals surface area contributed by atoms with Crippen LogP contribution in [0.3, 0.4) is 0 Å². The van der Waals surface area contributed by atoms with Crippen molar-refractivity contribution >= 4 is 33.1 Å². The molecule has 2 aromatic carbocycles. The van der Waals surface area contributed by atoms with Crippen LogP contribution in [0.2, 0.25) is 0 Å². The third kappa shape index (κ3) is 2.85. The molecule has 3 heteroatoms. The molecule has 0 radical (unpaired) electrons. The van der Waals surface area contributed by atoms with Crippen molar-refractivity contribution in [1.82, 2.24) is 9.97 Å². The molecule has 27 heavy (non-hydrogen) atoms. The molecule has 2 heterocycles. The molecule has 0 saturated carbocycles. The van der Waals surface area contributed by atoms with Crippen LogP contribution in [0.25, 0.3) is 44.3 Å². The minimum atomic E-state index is 1.01. The Hall–Kier alpha value is -2.26. The van der Waals surface area contributed by atoms with Crippen LogP contribution < -0.4 is 0 Å². The van der Waals surface area contributed by atoms with Crippen molar-refractivity contribution in [2.45, 2.75) is 51.9 Å². The lowest BCUT2D eigenvalue weighted by molar-refractivity contribution is 0.608. The lowest BCUT2D eigenvalue weighted by Crippen LogP contribution is -1.90. The summed E-state index contributed by atoms with van der Waals surface area (Å²) in [4.78, 5) is 9.87. The maximum absolute atomic E-state index is 4.94. The van der Waals surface area contributed by atoms with E-state index in [9.17, 15) is 0 Å². The van der Waals surface area contributed by atoms with Crippen molar-refractivity contribution in [3.63, 3.8) is 0 Å². The minimum Gasteiger partial charge on any atom is -0.243 e. The summed E-state index contributed by atoms with van der Waals surface area (Å²) < 4.78 is 0. The Morgan fingerprint density at radius 1 is 0.778 bits per heavy atom. The number of unbranched alkanes of at least 4 members (excludes halogenated alkanes) is 5. The van der Waals surface area contributed by atoms with Crippen molar-refractivity contribution in [2.75, 3.05) is 0 Å². The van der Waals surface area contributed by atoms with E-state index in [-0.39, 0.29) is 0 Å². The van der Waals surface area contributed by atoms with Gasteiger partial charge in [0.25, 0.3) is 0 Å². The molecular formula is C24H24N2S. The van der Waals surface area contributed by atoms with Crippen LogP contribution >= 0.6 is 11.3 Å². The van der Waals surface area contributed by atoms with Gasteiger partial charge in [0.05, 0.1) is 11.4 Å². The molecule has 1 aliphatic rings. The molecule has 1 aliphatic carbocycles. The first-order valence-corrected chi connectivity index (χ1v) is 11.1. The predicted octanol–water partition coefficient (Wildman–Crippen LogP) is 7.39. The van der Waals surface area contributed by atoms with Crippen molar-refractivity contribution < 1.29 is 0 Å². The van der Waals surface area contributed by atoms with E-state index >= 15 is 0 Å². The predicted molar refractivity (Wildman–Crippen MR) is 116 cm³/mol. The number of hydrogen-bond donors (Lipinski definition) is 0. The molecule has 0 fully saturated rings. The van der Waals surface area contributed by atoms with Gasteiger partial charge in [-0.25, -0.2) is 9.97 Å².